The van der Waals surface area contributed by atoms with Crippen LogP contribution in [-0.4, -0.2) is 36.6 Å². The number of amides is 4. The first kappa shape index (κ1) is 20.2. The largest absolute Gasteiger partial charge is 0.497 e. The molecule has 2 N–H and O–H groups in total. The minimum absolute atomic E-state index is 0.335. The van der Waals surface area contributed by atoms with Crippen LogP contribution in [0, 0.1) is 13.8 Å². The molecule has 2 aromatic rings. The number of methoxy groups -OCH3 is 1. The first-order valence-electron chi connectivity index (χ1n) is 9.06. The molecule has 0 aromatic heterocycles. The Morgan fingerprint density at radius 3 is 2.45 bits per heavy atom. The number of carbonyl (C=O) groups excluding carboxylic acids is 3. The highest BCUT2D eigenvalue weighted by Gasteiger charge is 2.50. The van der Waals surface area contributed by atoms with E-state index >= 15 is 0 Å². The zero-order valence-electron chi connectivity index (χ0n) is 16.7. The number of hydrogen-bond donors (Lipinski definition) is 2. The monoisotopic (exact) mass is 397 g/mol. The molecule has 8 heteroatoms. The summed E-state index contributed by atoms with van der Waals surface area (Å²) in [6.45, 7) is 4.98. The molecule has 0 aliphatic carbocycles. The van der Waals surface area contributed by atoms with Crippen LogP contribution in [-0.2, 0) is 15.1 Å². The number of para-hydroxylation sites is 1. The third-order valence-electron chi connectivity index (χ3n) is 4.83. The summed E-state index contributed by atoms with van der Waals surface area (Å²) in [5, 5.41) is 3.30. The van der Waals surface area contributed by atoms with Gasteiger partial charge in [-0.05, 0) is 49.6 Å². The molecule has 1 aliphatic heterocycles. The quantitative estimate of drug-likeness (QED) is 0.729. The van der Waals surface area contributed by atoms with Gasteiger partial charge >= 0.3 is 6.03 Å². The minimum atomic E-state index is -1.33. The van der Waals surface area contributed by atoms with E-state index in [0.717, 1.165) is 11.1 Å². The Morgan fingerprint density at radius 2 is 1.79 bits per heavy atom. The first-order valence-corrected chi connectivity index (χ1v) is 9.06. The number of nitrogens with one attached hydrogen (secondary N) is 2. The molecule has 2 aromatic carbocycles. The summed E-state index contributed by atoms with van der Waals surface area (Å²) in [5.74, 6) is -0.0708. The Morgan fingerprint density at radius 1 is 1.14 bits per heavy atom. The number of rotatable bonds is 6. The molecule has 0 saturated carbocycles. The van der Waals surface area contributed by atoms with Crippen molar-refractivity contribution in [2.75, 3.05) is 13.7 Å². The SMILES string of the molecule is COc1cccc([C@@]2(C)NC(=O)N(NC(=O)COc3c(C)cccc3C)C2=O)c1. The Labute approximate surface area is 168 Å². The van der Waals surface area contributed by atoms with Gasteiger partial charge in [0.15, 0.2) is 6.61 Å². The summed E-state index contributed by atoms with van der Waals surface area (Å²) in [4.78, 5) is 37.6. The Balaban J connectivity index is 1.70. The van der Waals surface area contributed by atoms with Crippen molar-refractivity contribution >= 4 is 17.8 Å². The van der Waals surface area contributed by atoms with Crippen molar-refractivity contribution in [2.45, 2.75) is 26.3 Å². The van der Waals surface area contributed by atoms with Crippen LogP contribution in [0.15, 0.2) is 42.5 Å². The van der Waals surface area contributed by atoms with E-state index in [4.69, 9.17) is 9.47 Å². The Kier molecular flexibility index (Phi) is 5.45. The molecule has 0 unspecified atom stereocenters. The highest BCUT2D eigenvalue weighted by Crippen LogP contribution is 2.30. The number of carbonyl (C=O) groups is 3. The van der Waals surface area contributed by atoms with Gasteiger partial charge in [-0.15, -0.1) is 0 Å². The molecule has 1 aliphatic rings. The molecular formula is C21H23N3O5. The molecule has 3 rings (SSSR count). The molecule has 0 spiro atoms. The maximum absolute atomic E-state index is 12.9. The molecule has 29 heavy (non-hydrogen) atoms. The second-order valence-electron chi connectivity index (χ2n) is 6.97. The van der Waals surface area contributed by atoms with E-state index < -0.39 is 23.4 Å². The second-order valence-corrected chi connectivity index (χ2v) is 6.97. The molecule has 1 fully saturated rings. The fraction of sp³-hybridized carbons (Fsp3) is 0.286. The normalized spacial score (nSPS) is 18.4. The maximum atomic E-state index is 12.9. The lowest BCUT2D eigenvalue weighted by atomic mass is 9.92. The van der Waals surface area contributed by atoms with Crippen LogP contribution < -0.4 is 20.2 Å². The van der Waals surface area contributed by atoms with Crippen molar-refractivity contribution in [1.29, 1.82) is 0 Å². The van der Waals surface area contributed by atoms with Crippen molar-refractivity contribution in [3.8, 4) is 11.5 Å². The molecule has 1 atom stereocenters. The van der Waals surface area contributed by atoms with Crippen molar-refractivity contribution in [3.05, 3.63) is 59.2 Å². The number of nitrogens with zero attached hydrogens (tertiary/aromatic N) is 1. The smallest absolute Gasteiger partial charge is 0.344 e. The number of hydrogen-bond acceptors (Lipinski definition) is 5. The minimum Gasteiger partial charge on any atom is -0.497 e. The first-order chi connectivity index (χ1) is 13.8. The lowest BCUT2D eigenvalue weighted by Crippen LogP contribution is -2.49. The number of urea groups is 1. The van der Waals surface area contributed by atoms with E-state index in [-0.39, 0.29) is 6.61 Å². The van der Waals surface area contributed by atoms with Crippen LogP contribution in [0.2, 0.25) is 0 Å². The van der Waals surface area contributed by atoms with Gasteiger partial charge in [-0.3, -0.25) is 15.0 Å². The van der Waals surface area contributed by atoms with Crippen LogP contribution in [0.1, 0.15) is 23.6 Å². The standard InChI is InChI=1S/C21H23N3O5/c1-13-7-5-8-14(2)18(13)29-12-17(25)23-24-19(26)21(3,22-20(24)27)15-9-6-10-16(11-15)28-4/h5-11H,12H2,1-4H3,(H,22,27)(H,23,25)/t21-/m1/s1. The molecule has 8 nitrogen and oxygen atoms in total. The number of ether oxygens (including phenoxy) is 2. The predicted octanol–water partition coefficient (Wildman–Crippen LogP) is 2.19. The summed E-state index contributed by atoms with van der Waals surface area (Å²) in [6.07, 6.45) is 0. The van der Waals surface area contributed by atoms with Crippen LogP contribution in [0.4, 0.5) is 4.79 Å². The van der Waals surface area contributed by atoms with E-state index in [2.05, 4.69) is 10.7 Å². The molecule has 1 saturated heterocycles. The van der Waals surface area contributed by atoms with E-state index in [9.17, 15) is 14.4 Å². The molecule has 152 valence electrons. The summed E-state index contributed by atoms with van der Waals surface area (Å²) < 4.78 is 10.8. The van der Waals surface area contributed by atoms with Crippen LogP contribution in [0.25, 0.3) is 0 Å². The van der Waals surface area contributed by atoms with E-state index in [1.807, 2.05) is 32.0 Å². The van der Waals surface area contributed by atoms with Gasteiger partial charge in [0.2, 0.25) is 0 Å². The Hall–Kier alpha value is -3.55. The van der Waals surface area contributed by atoms with Gasteiger partial charge in [-0.1, -0.05) is 30.3 Å². The van der Waals surface area contributed by atoms with Crippen molar-refractivity contribution in [1.82, 2.24) is 15.8 Å². The maximum Gasteiger partial charge on any atom is 0.344 e. The number of hydrazine groups is 1. The van der Waals surface area contributed by atoms with Gasteiger partial charge in [-0.2, -0.15) is 5.01 Å². The second kappa shape index (κ2) is 7.83. The summed E-state index contributed by atoms with van der Waals surface area (Å²) >= 11 is 0. The molecule has 0 bridgehead atoms. The number of benzene rings is 2. The predicted molar refractivity (Wildman–Crippen MR) is 105 cm³/mol. The van der Waals surface area contributed by atoms with Crippen molar-refractivity contribution < 1.29 is 23.9 Å². The van der Waals surface area contributed by atoms with Gasteiger partial charge in [-0.25, -0.2) is 4.79 Å². The zero-order valence-corrected chi connectivity index (χ0v) is 16.7. The fourth-order valence-corrected chi connectivity index (χ4v) is 3.19. The van der Waals surface area contributed by atoms with Crippen molar-refractivity contribution in [2.24, 2.45) is 0 Å². The van der Waals surface area contributed by atoms with Gasteiger partial charge in [0.05, 0.1) is 7.11 Å². The summed E-state index contributed by atoms with van der Waals surface area (Å²) in [7, 11) is 1.51. The topological polar surface area (TPSA) is 97.0 Å². The number of imide groups is 1. The highest BCUT2D eigenvalue weighted by molar-refractivity contribution is 6.08. The van der Waals surface area contributed by atoms with Crippen molar-refractivity contribution in [3.63, 3.8) is 0 Å². The summed E-state index contributed by atoms with van der Waals surface area (Å²) in [6, 6.07) is 11.7. The molecule has 1 heterocycles. The lowest BCUT2D eigenvalue weighted by molar-refractivity contribution is -0.139. The Bertz CT molecular complexity index is 954. The molecule has 0 radical (unpaired) electrons. The lowest BCUT2D eigenvalue weighted by Gasteiger charge is -2.22. The van der Waals surface area contributed by atoms with Gasteiger partial charge in [0.25, 0.3) is 11.8 Å². The van der Waals surface area contributed by atoms with Gasteiger partial charge < -0.3 is 14.8 Å². The molecule has 4 amide bonds. The van der Waals surface area contributed by atoms with E-state index in [1.54, 1.807) is 31.2 Å². The summed E-state index contributed by atoms with van der Waals surface area (Å²) in [5.41, 5.74) is 3.31. The fourth-order valence-electron chi connectivity index (χ4n) is 3.19. The third-order valence-corrected chi connectivity index (χ3v) is 4.83. The van der Waals surface area contributed by atoms with Crippen LogP contribution in [0.5, 0.6) is 11.5 Å². The van der Waals surface area contributed by atoms with E-state index in [1.165, 1.54) is 7.11 Å². The van der Waals surface area contributed by atoms with Gasteiger partial charge in [0, 0.05) is 0 Å². The van der Waals surface area contributed by atoms with E-state index in [0.29, 0.717) is 22.1 Å². The third kappa shape index (κ3) is 3.87. The zero-order chi connectivity index (χ0) is 21.2. The van der Waals surface area contributed by atoms with Crippen LogP contribution >= 0.6 is 0 Å². The van der Waals surface area contributed by atoms with Crippen LogP contribution in [0.3, 0.4) is 0 Å². The average molecular weight is 397 g/mol. The molecular weight excluding hydrogens is 374 g/mol. The highest BCUT2D eigenvalue weighted by atomic mass is 16.5. The average Bonchev–Trinajstić information content (AvgIpc) is 2.91. The van der Waals surface area contributed by atoms with Gasteiger partial charge in [0.1, 0.15) is 17.0 Å². The number of aryl methyl sites for hydroxylation is 2.